The minimum atomic E-state index is -2.22. The van der Waals surface area contributed by atoms with Crippen LogP contribution in [0.4, 0.5) is 8.78 Å². The van der Waals surface area contributed by atoms with Gasteiger partial charge in [0, 0.05) is 42.2 Å². The number of fused-ring (bicyclic) bond motifs is 2. The maximum atomic E-state index is 12.7. The molecule has 1 aliphatic carbocycles. The predicted molar refractivity (Wildman–Crippen MR) is 96.4 cm³/mol. The zero-order valence-corrected chi connectivity index (χ0v) is 14.7. The molecule has 4 aromatic heterocycles. The summed E-state index contributed by atoms with van der Waals surface area (Å²) in [6, 6.07) is 5.88. The molecule has 0 saturated heterocycles. The summed E-state index contributed by atoms with van der Waals surface area (Å²) < 4.78 is 27.1. The summed E-state index contributed by atoms with van der Waals surface area (Å²) in [5.74, 6) is -0.335. The van der Waals surface area contributed by atoms with Crippen LogP contribution in [-0.4, -0.2) is 31.2 Å². The monoisotopic (exact) mass is 371 g/mol. The second kappa shape index (κ2) is 5.77. The number of alkyl halides is 2. The molecule has 5 nitrogen and oxygen atoms in total. The van der Waals surface area contributed by atoms with Crippen molar-refractivity contribution in [1.29, 1.82) is 0 Å². The summed E-state index contributed by atoms with van der Waals surface area (Å²) in [5.41, 5.74) is 3.27. The minimum Gasteiger partial charge on any atom is -0.273 e. The van der Waals surface area contributed by atoms with Crippen molar-refractivity contribution in [2.45, 2.75) is 25.2 Å². The van der Waals surface area contributed by atoms with Crippen molar-refractivity contribution in [1.82, 2.24) is 24.7 Å². The van der Waals surface area contributed by atoms with Crippen LogP contribution in [0.1, 0.15) is 23.8 Å². The van der Waals surface area contributed by atoms with Crippen molar-refractivity contribution in [2.75, 3.05) is 0 Å². The van der Waals surface area contributed by atoms with Crippen molar-refractivity contribution in [3.05, 3.63) is 35.6 Å². The zero-order chi connectivity index (χ0) is 17.8. The van der Waals surface area contributed by atoms with E-state index in [0.717, 1.165) is 32.0 Å². The molecule has 26 heavy (non-hydrogen) atoms. The maximum absolute atomic E-state index is 12.7. The lowest BCUT2D eigenvalue weighted by atomic mass is 9.75. The number of aryl methyl sites for hydroxylation is 1. The number of nitrogens with zero attached hydrogens (tertiary/aromatic N) is 5. The Morgan fingerprint density at radius 3 is 2.88 bits per heavy atom. The van der Waals surface area contributed by atoms with E-state index < -0.39 is 12.3 Å². The summed E-state index contributed by atoms with van der Waals surface area (Å²) >= 11 is 1.51. The molecule has 0 atom stereocenters. The summed E-state index contributed by atoms with van der Waals surface area (Å²) in [6.45, 7) is 0. The largest absolute Gasteiger partial charge is 0.273 e. The Bertz CT molecular complexity index is 1110. The molecule has 0 aromatic carbocycles. The molecule has 0 bridgehead atoms. The summed E-state index contributed by atoms with van der Waals surface area (Å²) in [7, 11) is 1.86. The highest BCUT2D eigenvalue weighted by Crippen LogP contribution is 2.46. The molecule has 0 spiro atoms. The molecular formula is C18H15F2N5S. The quantitative estimate of drug-likeness (QED) is 0.536. The van der Waals surface area contributed by atoms with Gasteiger partial charge in [-0.2, -0.15) is 5.10 Å². The van der Waals surface area contributed by atoms with Crippen molar-refractivity contribution < 1.29 is 8.78 Å². The van der Waals surface area contributed by atoms with Crippen molar-refractivity contribution in [2.24, 2.45) is 13.0 Å². The molecule has 0 N–H and O–H groups in total. The fraction of sp³-hybridized carbons (Fsp3) is 0.333. The fourth-order valence-electron chi connectivity index (χ4n) is 3.41. The number of hydrogen-bond donors (Lipinski definition) is 0. The fourth-order valence-corrected chi connectivity index (χ4v) is 4.47. The topological polar surface area (TPSA) is 56.5 Å². The van der Waals surface area contributed by atoms with E-state index in [1.54, 1.807) is 10.9 Å². The first-order chi connectivity index (χ1) is 12.6. The molecule has 4 aromatic rings. The highest BCUT2D eigenvalue weighted by Gasteiger charge is 2.38. The number of halogens is 2. The van der Waals surface area contributed by atoms with Gasteiger partial charge in [-0.25, -0.2) is 23.7 Å². The number of pyridine rings is 2. The predicted octanol–water partition coefficient (Wildman–Crippen LogP) is 4.40. The van der Waals surface area contributed by atoms with Crippen LogP contribution in [0, 0.1) is 5.92 Å². The molecule has 0 unspecified atom stereocenters. The van der Waals surface area contributed by atoms with Crippen LogP contribution in [0.3, 0.4) is 0 Å². The minimum absolute atomic E-state index is 0.144. The second-order valence-electron chi connectivity index (χ2n) is 6.78. The smallest absolute Gasteiger partial charge is 0.241 e. The lowest BCUT2D eigenvalue weighted by molar-refractivity contribution is 0.0226. The molecule has 4 heterocycles. The number of rotatable bonds is 3. The van der Waals surface area contributed by atoms with Gasteiger partial charge in [0.15, 0.2) is 5.65 Å². The van der Waals surface area contributed by atoms with E-state index in [0.29, 0.717) is 18.5 Å². The van der Waals surface area contributed by atoms with Crippen LogP contribution in [0.25, 0.3) is 32.6 Å². The summed E-state index contributed by atoms with van der Waals surface area (Å²) in [4.78, 5) is 14.5. The molecular weight excluding hydrogens is 356 g/mol. The molecule has 1 fully saturated rings. The first-order valence-electron chi connectivity index (χ1n) is 8.42. The molecule has 5 rings (SSSR count). The third-order valence-corrected chi connectivity index (χ3v) is 6.05. The molecule has 8 heteroatoms. The highest BCUT2D eigenvalue weighted by molar-refractivity contribution is 7.18. The van der Waals surface area contributed by atoms with Gasteiger partial charge in [-0.1, -0.05) is 11.3 Å². The van der Waals surface area contributed by atoms with E-state index >= 15 is 0 Å². The van der Waals surface area contributed by atoms with Crippen molar-refractivity contribution in [3.8, 4) is 11.3 Å². The van der Waals surface area contributed by atoms with Gasteiger partial charge in [0.2, 0.25) is 6.43 Å². The normalized spacial score (nSPS) is 20.2. The molecule has 1 saturated carbocycles. The van der Waals surface area contributed by atoms with Gasteiger partial charge in [0.05, 0.1) is 10.7 Å². The molecule has 0 amide bonds. The van der Waals surface area contributed by atoms with Gasteiger partial charge in [0.25, 0.3) is 0 Å². The maximum Gasteiger partial charge on any atom is 0.241 e. The number of hydrogen-bond acceptors (Lipinski definition) is 5. The van der Waals surface area contributed by atoms with Crippen molar-refractivity contribution in [3.63, 3.8) is 0 Å². The van der Waals surface area contributed by atoms with Crippen LogP contribution in [-0.2, 0) is 7.05 Å². The van der Waals surface area contributed by atoms with Crippen LogP contribution < -0.4 is 0 Å². The van der Waals surface area contributed by atoms with Crippen LogP contribution in [0.5, 0.6) is 0 Å². The first kappa shape index (κ1) is 15.7. The Morgan fingerprint density at radius 2 is 2.08 bits per heavy atom. The Balaban J connectivity index is 1.47. The summed E-state index contributed by atoms with van der Waals surface area (Å²) in [6.07, 6.45) is 2.51. The average Bonchev–Trinajstić information content (AvgIpc) is 3.13. The van der Waals surface area contributed by atoms with E-state index in [9.17, 15) is 8.78 Å². The Labute approximate surface area is 151 Å². The molecule has 1 aliphatic rings. The van der Waals surface area contributed by atoms with E-state index in [2.05, 4.69) is 15.1 Å². The van der Waals surface area contributed by atoms with Gasteiger partial charge in [-0.05, 0) is 31.0 Å². The Morgan fingerprint density at radius 1 is 1.23 bits per heavy atom. The van der Waals surface area contributed by atoms with Gasteiger partial charge in [-0.3, -0.25) is 4.68 Å². The van der Waals surface area contributed by atoms with Gasteiger partial charge >= 0.3 is 0 Å². The third-order valence-electron chi connectivity index (χ3n) is 4.92. The number of thiazole rings is 1. The van der Waals surface area contributed by atoms with E-state index in [1.165, 1.54) is 11.3 Å². The average molecular weight is 371 g/mol. The molecule has 0 radical (unpaired) electrons. The van der Waals surface area contributed by atoms with E-state index in [1.807, 2.05) is 31.4 Å². The standard InChI is InChI=1S/C18H15F2N5S/c1-25-8-12-6-11(7-21-16(12)24-25)13-2-3-14-18(22-13)26-17(23-14)10-4-9(5-10)15(19)20/h2-3,6-10,15H,4-5H2,1H3. The Kier molecular flexibility index (Phi) is 3.49. The SMILES string of the molecule is Cn1cc2cc(-c3ccc4nc(C5CC(C(F)F)C5)sc4n3)cnc2n1. The summed E-state index contributed by atoms with van der Waals surface area (Å²) in [5, 5.41) is 6.16. The van der Waals surface area contributed by atoms with Crippen LogP contribution in [0.15, 0.2) is 30.6 Å². The van der Waals surface area contributed by atoms with Gasteiger partial charge in [0.1, 0.15) is 10.3 Å². The van der Waals surface area contributed by atoms with E-state index in [-0.39, 0.29) is 5.92 Å². The first-order valence-corrected chi connectivity index (χ1v) is 9.24. The number of aromatic nitrogens is 5. The zero-order valence-electron chi connectivity index (χ0n) is 13.9. The molecule has 132 valence electrons. The second-order valence-corrected chi connectivity index (χ2v) is 7.78. The van der Waals surface area contributed by atoms with Crippen molar-refractivity contribution >= 4 is 32.7 Å². The lowest BCUT2D eigenvalue weighted by Crippen LogP contribution is -2.27. The van der Waals surface area contributed by atoms with Crippen LogP contribution >= 0.6 is 11.3 Å². The lowest BCUT2D eigenvalue weighted by Gasteiger charge is -2.33. The third kappa shape index (κ3) is 2.56. The highest BCUT2D eigenvalue weighted by atomic mass is 32.1. The Hall–Kier alpha value is -2.48. The van der Waals surface area contributed by atoms with Gasteiger partial charge in [-0.15, -0.1) is 0 Å². The molecule has 0 aliphatic heterocycles. The van der Waals surface area contributed by atoms with Crippen LogP contribution in [0.2, 0.25) is 0 Å². The van der Waals surface area contributed by atoms with Gasteiger partial charge < -0.3 is 0 Å². The van der Waals surface area contributed by atoms with E-state index in [4.69, 9.17) is 4.98 Å².